The molecule has 2 heteroatoms. The Bertz CT molecular complexity index is 212. The van der Waals surface area contributed by atoms with Crippen LogP contribution in [0, 0.1) is 0 Å². The van der Waals surface area contributed by atoms with Gasteiger partial charge < -0.3 is 10.3 Å². The third-order valence-corrected chi connectivity index (χ3v) is 2.31. The molecule has 0 aromatic carbocycles. The lowest BCUT2D eigenvalue weighted by Crippen LogP contribution is -2.17. The zero-order valence-corrected chi connectivity index (χ0v) is 7.34. The summed E-state index contributed by atoms with van der Waals surface area (Å²) in [4.78, 5) is 3.07. The molecule has 2 nitrogen and oxygen atoms in total. The number of aryl methyl sites for hydroxylation is 1. The molecule has 1 heterocycles. The molecule has 0 unspecified atom stereocenters. The van der Waals surface area contributed by atoms with Crippen LogP contribution in [0.25, 0.3) is 0 Å². The van der Waals surface area contributed by atoms with E-state index in [-0.39, 0.29) is 0 Å². The van der Waals surface area contributed by atoms with Crippen molar-refractivity contribution in [1.29, 1.82) is 0 Å². The van der Waals surface area contributed by atoms with E-state index >= 15 is 0 Å². The van der Waals surface area contributed by atoms with Crippen LogP contribution in [-0.2, 0) is 6.42 Å². The molecule has 1 fully saturated rings. The molecule has 1 aromatic heterocycles. The fourth-order valence-electron chi connectivity index (χ4n) is 1.40. The normalized spacial score (nSPS) is 16.7. The molecule has 2 rings (SSSR count). The molecule has 12 heavy (non-hydrogen) atoms. The lowest BCUT2D eigenvalue weighted by molar-refractivity contribution is 0.646. The van der Waals surface area contributed by atoms with Crippen molar-refractivity contribution in [2.45, 2.75) is 31.7 Å². The van der Waals surface area contributed by atoms with Crippen LogP contribution in [0.1, 0.15) is 24.8 Å². The molecular weight excluding hydrogens is 148 g/mol. The molecular formula is C10H16N2. The highest BCUT2D eigenvalue weighted by molar-refractivity contribution is 5.08. The van der Waals surface area contributed by atoms with Gasteiger partial charge in [0.1, 0.15) is 0 Å². The van der Waals surface area contributed by atoms with Gasteiger partial charge in [-0.15, -0.1) is 0 Å². The Balaban J connectivity index is 1.56. The highest BCUT2D eigenvalue weighted by atomic mass is 14.9. The number of aromatic nitrogens is 1. The van der Waals surface area contributed by atoms with Gasteiger partial charge in [-0.3, -0.25) is 0 Å². The monoisotopic (exact) mass is 164 g/mol. The highest BCUT2D eigenvalue weighted by Crippen LogP contribution is 2.18. The molecule has 2 N–H and O–H groups in total. The van der Waals surface area contributed by atoms with Crippen molar-refractivity contribution >= 4 is 0 Å². The zero-order valence-electron chi connectivity index (χ0n) is 7.34. The van der Waals surface area contributed by atoms with Crippen LogP contribution in [-0.4, -0.2) is 17.6 Å². The molecule has 0 atom stereocenters. The second-order valence-corrected chi connectivity index (χ2v) is 3.55. The van der Waals surface area contributed by atoms with Crippen LogP contribution in [0.5, 0.6) is 0 Å². The van der Waals surface area contributed by atoms with Gasteiger partial charge in [-0.05, 0) is 43.9 Å². The van der Waals surface area contributed by atoms with Crippen LogP contribution in [0.3, 0.4) is 0 Å². The number of hydrogen-bond acceptors (Lipinski definition) is 1. The van der Waals surface area contributed by atoms with Crippen molar-refractivity contribution in [3.05, 3.63) is 24.0 Å². The van der Waals surface area contributed by atoms with Crippen molar-refractivity contribution in [3.63, 3.8) is 0 Å². The smallest absolute Gasteiger partial charge is 0.00682 e. The van der Waals surface area contributed by atoms with E-state index in [2.05, 4.69) is 22.6 Å². The Morgan fingerprint density at radius 3 is 3.08 bits per heavy atom. The molecule has 0 spiro atoms. The summed E-state index contributed by atoms with van der Waals surface area (Å²) in [5, 5.41) is 3.51. The van der Waals surface area contributed by atoms with Crippen LogP contribution in [0.4, 0.5) is 0 Å². The van der Waals surface area contributed by atoms with Crippen molar-refractivity contribution in [1.82, 2.24) is 10.3 Å². The number of nitrogens with one attached hydrogen (secondary N) is 2. The van der Waals surface area contributed by atoms with Gasteiger partial charge in [0.25, 0.3) is 0 Å². The van der Waals surface area contributed by atoms with E-state index in [9.17, 15) is 0 Å². The molecule has 66 valence electrons. The van der Waals surface area contributed by atoms with E-state index in [0.29, 0.717) is 0 Å². The molecule has 0 bridgehead atoms. The van der Waals surface area contributed by atoms with Crippen molar-refractivity contribution < 1.29 is 0 Å². The van der Waals surface area contributed by atoms with E-state index < -0.39 is 0 Å². The predicted molar refractivity (Wildman–Crippen MR) is 50.1 cm³/mol. The number of aromatic amines is 1. The van der Waals surface area contributed by atoms with Crippen LogP contribution in [0.2, 0.25) is 0 Å². The maximum Gasteiger partial charge on any atom is 0.00682 e. The summed E-state index contributed by atoms with van der Waals surface area (Å²) in [5.41, 5.74) is 1.42. The second kappa shape index (κ2) is 3.76. The first-order valence-corrected chi connectivity index (χ1v) is 4.80. The lowest BCUT2D eigenvalue weighted by Gasteiger charge is -2.00. The quantitative estimate of drug-likeness (QED) is 0.637. The Morgan fingerprint density at radius 2 is 2.42 bits per heavy atom. The number of rotatable bonds is 5. The fraction of sp³-hybridized carbons (Fsp3) is 0.600. The van der Waals surface area contributed by atoms with Gasteiger partial charge in [0, 0.05) is 18.4 Å². The third-order valence-electron chi connectivity index (χ3n) is 2.31. The van der Waals surface area contributed by atoms with Crippen LogP contribution >= 0.6 is 0 Å². The standard InChI is InChI=1S/C10H16N2/c1(6-12-10-3-4-10)2-9-5-7-11-8-9/h5,7-8,10-12H,1-4,6H2. The fourth-order valence-corrected chi connectivity index (χ4v) is 1.40. The maximum absolute atomic E-state index is 3.51. The summed E-state index contributed by atoms with van der Waals surface area (Å²) in [6.45, 7) is 1.18. The molecule has 1 aliphatic rings. The summed E-state index contributed by atoms with van der Waals surface area (Å²) in [7, 11) is 0. The molecule has 1 saturated carbocycles. The maximum atomic E-state index is 3.51. The van der Waals surface area contributed by atoms with E-state index in [0.717, 1.165) is 6.04 Å². The summed E-state index contributed by atoms with van der Waals surface area (Å²) < 4.78 is 0. The van der Waals surface area contributed by atoms with Crippen molar-refractivity contribution in [2.24, 2.45) is 0 Å². The second-order valence-electron chi connectivity index (χ2n) is 3.55. The van der Waals surface area contributed by atoms with E-state index in [1.807, 2.05) is 6.20 Å². The van der Waals surface area contributed by atoms with E-state index in [4.69, 9.17) is 0 Å². The first-order chi connectivity index (χ1) is 5.95. The Morgan fingerprint density at radius 1 is 1.50 bits per heavy atom. The summed E-state index contributed by atoms with van der Waals surface area (Å²) in [6, 6.07) is 3.01. The van der Waals surface area contributed by atoms with Gasteiger partial charge in [0.2, 0.25) is 0 Å². The molecule has 0 radical (unpaired) electrons. The Hall–Kier alpha value is -0.760. The van der Waals surface area contributed by atoms with E-state index in [1.54, 1.807) is 0 Å². The van der Waals surface area contributed by atoms with Gasteiger partial charge in [-0.25, -0.2) is 0 Å². The van der Waals surface area contributed by atoms with Crippen LogP contribution in [0.15, 0.2) is 18.5 Å². The molecule has 0 saturated heterocycles. The topological polar surface area (TPSA) is 27.8 Å². The molecule has 1 aromatic rings. The average Bonchev–Trinajstić information content (AvgIpc) is 2.76. The summed E-state index contributed by atoms with van der Waals surface area (Å²) in [6.07, 6.45) is 9.31. The number of H-pyrrole nitrogens is 1. The van der Waals surface area contributed by atoms with Gasteiger partial charge in [0.05, 0.1) is 0 Å². The minimum absolute atomic E-state index is 0.858. The number of hydrogen-bond donors (Lipinski definition) is 2. The van der Waals surface area contributed by atoms with Crippen molar-refractivity contribution in [3.8, 4) is 0 Å². The Labute approximate surface area is 73.4 Å². The SMILES string of the molecule is c1cc(CCCNC2CC2)c[nH]1. The first-order valence-electron chi connectivity index (χ1n) is 4.80. The first kappa shape index (κ1) is 7.87. The Kier molecular flexibility index (Phi) is 2.47. The summed E-state index contributed by atoms with van der Waals surface area (Å²) in [5.74, 6) is 0. The largest absolute Gasteiger partial charge is 0.367 e. The zero-order chi connectivity index (χ0) is 8.23. The predicted octanol–water partition coefficient (Wildman–Crippen LogP) is 1.70. The third kappa shape index (κ3) is 2.38. The average molecular weight is 164 g/mol. The minimum Gasteiger partial charge on any atom is -0.367 e. The van der Waals surface area contributed by atoms with Gasteiger partial charge >= 0.3 is 0 Å². The van der Waals surface area contributed by atoms with Gasteiger partial charge in [0.15, 0.2) is 0 Å². The van der Waals surface area contributed by atoms with Crippen LogP contribution < -0.4 is 5.32 Å². The molecule has 1 aliphatic carbocycles. The lowest BCUT2D eigenvalue weighted by atomic mass is 10.2. The van der Waals surface area contributed by atoms with E-state index in [1.165, 1.54) is 37.8 Å². The molecule has 0 amide bonds. The highest BCUT2D eigenvalue weighted by Gasteiger charge is 2.19. The van der Waals surface area contributed by atoms with Gasteiger partial charge in [-0.2, -0.15) is 0 Å². The van der Waals surface area contributed by atoms with Crippen molar-refractivity contribution in [2.75, 3.05) is 6.54 Å². The minimum atomic E-state index is 0.858. The molecule has 0 aliphatic heterocycles. The van der Waals surface area contributed by atoms with Gasteiger partial charge in [-0.1, -0.05) is 0 Å². The summed E-state index contributed by atoms with van der Waals surface area (Å²) >= 11 is 0.